The van der Waals surface area contributed by atoms with Gasteiger partial charge in [-0.2, -0.15) is 0 Å². The van der Waals surface area contributed by atoms with Crippen LogP contribution in [0.3, 0.4) is 0 Å². The summed E-state index contributed by atoms with van der Waals surface area (Å²) in [4.78, 5) is 19.9. The molecule has 1 amide bonds. The number of rotatable bonds is 6. The average Bonchev–Trinajstić information content (AvgIpc) is 3.36. The second kappa shape index (κ2) is 8.81. The fraction of sp³-hybridized carbons (Fsp3) is 0.167. The van der Waals surface area contributed by atoms with Crippen LogP contribution < -0.4 is 10.6 Å². The lowest BCUT2D eigenvalue weighted by Crippen LogP contribution is -2.17. The van der Waals surface area contributed by atoms with Gasteiger partial charge in [-0.25, -0.2) is 4.98 Å². The molecule has 0 spiro atoms. The van der Waals surface area contributed by atoms with Gasteiger partial charge in [0.05, 0.1) is 6.04 Å². The summed E-state index contributed by atoms with van der Waals surface area (Å²) >= 11 is 3.31. The van der Waals surface area contributed by atoms with Crippen LogP contribution in [-0.4, -0.2) is 10.9 Å². The molecule has 30 heavy (non-hydrogen) atoms. The number of pyridine rings is 1. The van der Waals surface area contributed by atoms with Crippen molar-refractivity contribution < 1.29 is 4.79 Å². The van der Waals surface area contributed by atoms with E-state index in [2.05, 4.69) is 47.0 Å². The summed E-state index contributed by atoms with van der Waals surface area (Å²) in [5, 5.41) is 9.70. The Morgan fingerprint density at radius 1 is 0.967 bits per heavy atom. The molecule has 0 radical (unpaired) electrons. The van der Waals surface area contributed by atoms with Crippen molar-refractivity contribution in [1.29, 1.82) is 0 Å². The van der Waals surface area contributed by atoms with E-state index in [9.17, 15) is 4.79 Å². The van der Waals surface area contributed by atoms with E-state index in [4.69, 9.17) is 0 Å². The number of nitrogens with zero attached hydrogens (tertiary/aromatic N) is 1. The first kappa shape index (κ1) is 20.3. The number of benzene rings is 1. The molecular formula is C24H23N3OS2. The van der Waals surface area contributed by atoms with E-state index in [0.29, 0.717) is 5.56 Å². The number of carbonyl (C=O) groups excluding carboxylic acids is 1. The Labute approximate surface area is 184 Å². The zero-order valence-electron chi connectivity index (χ0n) is 17.1. The van der Waals surface area contributed by atoms with Gasteiger partial charge in [-0.05, 0) is 62.0 Å². The van der Waals surface area contributed by atoms with Gasteiger partial charge < -0.3 is 10.6 Å². The summed E-state index contributed by atoms with van der Waals surface area (Å²) in [7, 11) is 0. The third kappa shape index (κ3) is 4.30. The van der Waals surface area contributed by atoms with Gasteiger partial charge in [0.25, 0.3) is 5.91 Å². The molecule has 4 nitrogen and oxygen atoms in total. The van der Waals surface area contributed by atoms with Gasteiger partial charge >= 0.3 is 0 Å². The molecule has 0 aliphatic carbocycles. The summed E-state index contributed by atoms with van der Waals surface area (Å²) in [6, 6.07) is 19.3. The fourth-order valence-electron chi connectivity index (χ4n) is 3.36. The van der Waals surface area contributed by atoms with Crippen molar-refractivity contribution in [3.8, 4) is 0 Å². The molecule has 1 atom stereocenters. The fourth-order valence-corrected chi connectivity index (χ4v) is 5.24. The molecule has 152 valence electrons. The lowest BCUT2D eigenvalue weighted by atomic mass is 10.0. The number of aromatic nitrogens is 1. The van der Waals surface area contributed by atoms with Crippen LogP contribution in [0.4, 0.5) is 10.8 Å². The lowest BCUT2D eigenvalue weighted by Gasteiger charge is -2.21. The molecule has 3 aromatic heterocycles. The van der Waals surface area contributed by atoms with Crippen LogP contribution in [0.2, 0.25) is 0 Å². The Balaban J connectivity index is 1.74. The van der Waals surface area contributed by atoms with E-state index in [0.717, 1.165) is 22.1 Å². The summed E-state index contributed by atoms with van der Waals surface area (Å²) in [5.74, 6) is 0.716. The van der Waals surface area contributed by atoms with E-state index in [1.807, 2.05) is 55.5 Å². The number of anilines is 2. The second-order valence-corrected chi connectivity index (χ2v) is 9.31. The number of hydrogen-bond acceptors (Lipinski definition) is 5. The quantitative estimate of drug-likeness (QED) is 0.361. The van der Waals surface area contributed by atoms with Gasteiger partial charge in [-0.15, -0.1) is 22.7 Å². The van der Waals surface area contributed by atoms with Crippen molar-refractivity contribution in [2.75, 3.05) is 10.6 Å². The van der Waals surface area contributed by atoms with E-state index in [-0.39, 0.29) is 11.9 Å². The molecule has 4 aromatic rings. The van der Waals surface area contributed by atoms with Crippen LogP contribution in [0.5, 0.6) is 0 Å². The molecular weight excluding hydrogens is 410 g/mol. The minimum atomic E-state index is -0.102. The Hall–Kier alpha value is -2.96. The van der Waals surface area contributed by atoms with Crippen molar-refractivity contribution in [3.05, 3.63) is 98.2 Å². The molecule has 4 rings (SSSR count). The monoisotopic (exact) mass is 433 g/mol. The van der Waals surface area contributed by atoms with Crippen LogP contribution in [0.25, 0.3) is 0 Å². The van der Waals surface area contributed by atoms with Crippen LogP contribution >= 0.6 is 22.7 Å². The number of hydrogen-bond donors (Lipinski definition) is 2. The largest absolute Gasteiger partial charge is 0.358 e. The maximum atomic E-state index is 12.9. The molecule has 0 saturated carbocycles. The third-order valence-electron chi connectivity index (χ3n) is 4.99. The number of thiophene rings is 2. The summed E-state index contributed by atoms with van der Waals surface area (Å²) in [5.41, 5.74) is 3.88. The zero-order chi connectivity index (χ0) is 21.1. The summed E-state index contributed by atoms with van der Waals surface area (Å²) in [6.07, 6.45) is 0. The highest BCUT2D eigenvalue weighted by Gasteiger charge is 2.25. The molecule has 3 heterocycles. The predicted octanol–water partition coefficient (Wildman–Crippen LogP) is 6.58. The number of amides is 1. The molecule has 2 N–H and O–H groups in total. The third-order valence-corrected chi connectivity index (χ3v) is 7.07. The maximum Gasteiger partial charge on any atom is 0.256 e. The Morgan fingerprint density at radius 2 is 1.77 bits per heavy atom. The van der Waals surface area contributed by atoms with E-state index < -0.39 is 0 Å². The molecule has 0 aliphatic rings. The average molecular weight is 434 g/mol. The van der Waals surface area contributed by atoms with Gasteiger partial charge in [-0.3, -0.25) is 4.79 Å². The molecule has 0 bridgehead atoms. The zero-order valence-corrected chi connectivity index (χ0v) is 18.7. The molecule has 0 fully saturated rings. The Bertz CT molecular complexity index is 1150. The van der Waals surface area contributed by atoms with Crippen molar-refractivity contribution in [2.24, 2.45) is 0 Å². The molecule has 0 unspecified atom stereocenters. The molecule has 1 aromatic carbocycles. The van der Waals surface area contributed by atoms with E-state index in [1.165, 1.54) is 15.3 Å². The van der Waals surface area contributed by atoms with Crippen molar-refractivity contribution in [1.82, 2.24) is 4.98 Å². The topological polar surface area (TPSA) is 54.0 Å². The van der Waals surface area contributed by atoms with E-state index >= 15 is 0 Å². The molecule has 0 saturated heterocycles. The highest BCUT2D eigenvalue weighted by molar-refractivity contribution is 7.16. The lowest BCUT2D eigenvalue weighted by molar-refractivity contribution is 0.102. The van der Waals surface area contributed by atoms with Gasteiger partial charge in [-0.1, -0.05) is 30.3 Å². The Morgan fingerprint density at radius 3 is 2.47 bits per heavy atom. The van der Waals surface area contributed by atoms with Gasteiger partial charge in [0.15, 0.2) is 0 Å². The molecule has 6 heteroatoms. The SMILES string of the molecule is Cc1cccc(N[C@H](c2cccs2)c2c(NC(=O)c3ccccc3)sc(C)c2C)n1. The van der Waals surface area contributed by atoms with Crippen LogP contribution in [-0.2, 0) is 0 Å². The molecule has 0 aliphatic heterocycles. The second-order valence-electron chi connectivity index (χ2n) is 7.10. The van der Waals surface area contributed by atoms with Crippen LogP contribution in [0.15, 0.2) is 66.0 Å². The highest BCUT2D eigenvalue weighted by atomic mass is 32.1. The number of nitrogens with one attached hydrogen (secondary N) is 2. The van der Waals surface area contributed by atoms with Crippen molar-refractivity contribution >= 4 is 39.4 Å². The first-order chi connectivity index (χ1) is 14.5. The van der Waals surface area contributed by atoms with Gasteiger partial charge in [0, 0.05) is 26.6 Å². The number of carbonyl (C=O) groups is 1. The smallest absolute Gasteiger partial charge is 0.256 e. The standard InChI is InChI=1S/C24H23N3OS2/c1-15-9-7-13-20(25-15)26-22(19-12-8-14-29-19)21-16(2)17(3)30-24(21)27-23(28)18-10-5-4-6-11-18/h4-14,22H,1-3H3,(H,25,26)(H,27,28)/t22-/m1/s1. The minimum Gasteiger partial charge on any atom is -0.358 e. The first-order valence-corrected chi connectivity index (χ1v) is 11.4. The minimum absolute atomic E-state index is 0.100. The van der Waals surface area contributed by atoms with E-state index in [1.54, 1.807) is 22.7 Å². The predicted molar refractivity (Wildman–Crippen MR) is 127 cm³/mol. The Kier molecular flexibility index (Phi) is 5.97. The summed E-state index contributed by atoms with van der Waals surface area (Å²) in [6.45, 7) is 6.19. The van der Waals surface area contributed by atoms with Crippen molar-refractivity contribution in [3.63, 3.8) is 0 Å². The van der Waals surface area contributed by atoms with Crippen LogP contribution in [0, 0.1) is 20.8 Å². The summed E-state index contributed by atoms with van der Waals surface area (Å²) < 4.78 is 0. The van der Waals surface area contributed by atoms with Gasteiger partial charge in [0.1, 0.15) is 10.8 Å². The van der Waals surface area contributed by atoms with Crippen LogP contribution in [0.1, 0.15) is 43.0 Å². The van der Waals surface area contributed by atoms with Gasteiger partial charge in [0.2, 0.25) is 0 Å². The number of aryl methyl sites for hydroxylation is 2. The first-order valence-electron chi connectivity index (χ1n) is 9.73. The maximum absolute atomic E-state index is 12.9. The van der Waals surface area contributed by atoms with Crippen molar-refractivity contribution in [2.45, 2.75) is 26.8 Å². The highest BCUT2D eigenvalue weighted by Crippen LogP contribution is 2.42. The normalized spacial score (nSPS) is 11.8.